The molecule has 18 heavy (non-hydrogen) atoms. The number of likely N-dealkylation sites (N-methyl/N-ethyl adjacent to an activating group) is 1. The summed E-state index contributed by atoms with van der Waals surface area (Å²) in [6.07, 6.45) is 3.90. The molecule has 0 aromatic heterocycles. The van der Waals surface area contributed by atoms with Gasteiger partial charge in [-0.3, -0.25) is 4.99 Å². The second kappa shape index (κ2) is 3.98. The lowest BCUT2D eigenvalue weighted by molar-refractivity contribution is 0.262. The summed E-state index contributed by atoms with van der Waals surface area (Å²) in [5.41, 5.74) is 3.79. The number of aliphatic imine (C=N–C) groups is 1. The third-order valence-electron chi connectivity index (χ3n) is 3.14. The molecule has 1 aromatic carbocycles. The van der Waals surface area contributed by atoms with Crippen LogP contribution >= 0.6 is 0 Å². The van der Waals surface area contributed by atoms with Crippen molar-refractivity contribution in [2.75, 3.05) is 20.8 Å². The van der Waals surface area contributed by atoms with Crippen LogP contribution in [-0.2, 0) is 0 Å². The van der Waals surface area contributed by atoms with E-state index in [2.05, 4.69) is 21.0 Å². The number of hydrogen-bond donors (Lipinski definition) is 0. The summed E-state index contributed by atoms with van der Waals surface area (Å²) in [5, 5.41) is 0. The fourth-order valence-electron chi connectivity index (χ4n) is 2.36. The molecule has 2 aliphatic heterocycles. The van der Waals surface area contributed by atoms with E-state index in [0.717, 1.165) is 29.2 Å². The van der Waals surface area contributed by atoms with E-state index in [1.807, 2.05) is 26.4 Å². The molecule has 4 heteroatoms. The SMILES string of the molecule is CN1C=C2C(=CN=C2c2cccc(F)c2)N(C)C1. The van der Waals surface area contributed by atoms with Gasteiger partial charge in [0.1, 0.15) is 5.82 Å². The third kappa shape index (κ3) is 1.70. The van der Waals surface area contributed by atoms with E-state index in [0.29, 0.717) is 0 Å². The van der Waals surface area contributed by atoms with Crippen LogP contribution in [0.5, 0.6) is 0 Å². The molecule has 0 saturated carbocycles. The lowest BCUT2D eigenvalue weighted by atomic mass is 10.0. The molecule has 0 fully saturated rings. The van der Waals surface area contributed by atoms with Gasteiger partial charge in [0.25, 0.3) is 0 Å². The fraction of sp³-hybridized carbons (Fsp3) is 0.214. The summed E-state index contributed by atoms with van der Waals surface area (Å²) < 4.78 is 13.3. The van der Waals surface area contributed by atoms with E-state index in [9.17, 15) is 4.39 Å². The van der Waals surface area contributed by atoms with Gasteiger partial charge in [-0.2, -0.15) is 0 Å². The molecule has 3 nitrogen and oxygen atoms in total. The predicted molar refractivity (Wildman–Crippen MR) is 69.5 cm³/mol. The van der Waals surface area contributed by atoms with Crippen LogP contribution in [0.25, 0.3) is 0 Å². The van der Waals surface area contributed by atoms with Crippen molar-refractivity contribution in [2.24, 2.45) is 4.99 Å². The summed E-state index contributed by atoms with van der Waals surface area (Å²) in [4.78, 5) is 8.65. The van der Waals surface area contributed by atoms with Gasteiger partial charge < -0.3 is 9.80 Å². The minimum Gasteiger partial charge on any atom is -0.362 e. The zero-order valence-corrected chi connectivity index (χ0v) is 10.4. The highest BCUT2D eigenvalue weighted by Gasteiger charge is 2.26. The molecule has 0 amide bonds. The Labute approximate surface area is 106 Å². The van der Waals surface area contributed by atoms with Crippen LogP contribution in [0.1, 0.15) is 5.56 Å². The fourth-order valence-corrected chi connectivity index (χ4v) is 2.36. The Bertz CT molecular complexity index is 586. The Morgan fingerprint density at radius 1 is 1.28 bits per heavy atom. The highest BCUT2D eigenvalue weighted by molar-refractivity contribution is 6.17. The minimum atomic E-state index is -0.234. The highest BCUT2D eigenvalue weighted by atomic mass is 19.1. The van der Waals surface area contributed by atoms with Gasteiger partial charge >= 0.3 is 0 Å². The van der Waals surface area contributed by atoms with Crippen molar-refractivity contribution in [1.82, 2.24) is 9.80 Å². The molecule has 1 aromatic rings. The molecule has 0 atom stereocenters. The van der Waals surface area contributed by atoms with Crippen molar-refractivity contribution in [3.05, 3.63) is 59.3 Å². The molecular weight excluding hydrogens is 229 g/mol. The predicted octanol–water partition coefficient (Wildman–Crippen LogP) is 2.19. The second-order valence-electron chi connectivity index (χ2n) is 4.64. The lowest BCUT2D eigenvalue weighted by Gasteiger charge is -2.32. The average molecular weight is 243 g/mol. The van der Waals surface area contributed by atoms with Crippen LogP contribution in [0.2, 0.25) is 0 Å². The van der Waals surface area contributed by atoms with Crippen LogP contribution in [0.15, 0.2) is 52.9 Å². The van der Waals surface area contributed by atoms with Gasteiger partial charge in [0.05, 0.1) is 24.3 Å². The lowest BCUT2D eigenvalue weighted by Crippen LogP contribution is -2.35. The molecule has 0 N–H and O–H groups in total. The average Bonchev–Trinajstić information content (AvgIpc) is 2.72. The maximum absolute atomic E-state index is 13.3. The van der Waals surface area contributed by atoms with Crippen molar-refractivity contribution in [1.29, 1.82) is 0 Å². The Balaban J connectivity index is 2.02. The first-order valence-corrected chi connectivity index (χ1v) is 5.83. The van der Waals surface area contributed by atoms with E-state index < -0.39 is 0 Å². The van der Waals surface area contributed by atoms with Crippen molar-refractivity contribution in [3.63, 3.8) is 0 Å². The van der Waals surface area contributed by atoms with Gasteiger partial charge in [-0.25, -0.2) is 4.39 Å². The summed E-state index contributed by atoms with van der Waals surface area (Å²) >= 11 is 0. The zero-order valence-electron chi connectivity index (χ0n) is 10.4. The second-order valence-corrected chi connectivity index (χ2v) is 4.64. The van der Waals surface area contributed by atoms with Gasteiger partial charge in [-0.05, 0) is 12.1 Å². The first kappa shape index (κ1) is 11.0. The van der Waals surface area contributed by atoms with Crippen LogP contribution in [0, 0.1) is 5.82 Å². The Kier molecular flexibility index (Phi) is 2.44. The van der Waals surface area contributed by atoms with Crippen LogP contribution in [-0.4, -0.2) is 36.3 Å². The van der Waals surface area contributed by atoms with E-state index >= 15 is 0 Å². The number of allylic oxidation sites excluding steroid dienone is 1. The Morgan fingerprint density at radius 2 is 2.11 bits per heavy atom. The molecule has 0 saturated heterocycles. The van der Waals surface area contributed by atoms with E-state index in [1.165, 1.54) is 12.1 Å². The minimum absolute atomic E-state index is 0.234. The van der Waals surface area contributed by atoms with E-state index in [-0.39, 0.29) is 5.82 Å². The molecular formula is C14H14FN3. The highest BCUT2D eigenvalue weighted by Crippen LogP contribution is 2.29. The zero-order chi connectivity index (χ0) is 12.7. The molecule has 0 aliphatic carbocycles. The van der Waals surface area contributed by atoms with Gasteiger partial charge in [-0.1, -0.05) is 12.1 Å². The van der Waals surface area contributed by atoms with Crippen LogP contribution in [0.3, 0.4) is 0 Å². The molecule has 2 aliphatic rings. The largest absolute Gasteiger partial charge is 0.362 e. The Hall–Kier alpha value is -2.10. The van der Waals surface area contributed by atoms with Gasteiger partial charge in [0.2, 0.25) is 0 Å². The number of nitrogens with zero attached hydrogens (tertiary/aromatic N) is 3. The number of hydrogen-bond acceptors (Lipinski definition) is 3. The number of rotatable bonds is 1. The number of halogens is 1. The molecule has 0 spiro atoms. The van der Waals surface area contributed by atoms with E-state index in [1.54, 1.807) is 6.07 Å². The van der Waals surface area contributed by atoms with Crippen LogP contribution in [0.4, 0.5) is 4.39 Å². The molecule has 0 radical (unpaired) electrons. The molecule has 0 unspecified atom stereocenters. The smallest absolute Gasteiger partial charge is 0.123 e. The maximum atomic E-state index is 13.3. The molecule has 3 rings (SSSR count). The third-order valence-corrected chi connectivity index (χ3v) is 3.14. The first-order valence-electron chi connectivity index (χ1n) is 5.83. The standard InChI is InChI=1S/C14H14FN3/c1-17-8-12-13(18(2)9-17)7-16-14(12)10-4-3-5-11(15)6-10/h3-8H,9H2,1-2H3. The summed E-state index contributed by atoms with van der Waals surface area (Å²) in [7, 11) is 4.04. The monoisotopic (exact) mass is 243 g/mol. The van der Waals surface area contributed by atoms with Crippen molar-refractivity contribution in [2.45, 2.75) is 0 Å². The maximum Gasteiger partial charge on any atom is 0.123 e. The topological polar surface area (TPSA) is 18.8 Å². The Morgan fingerprint density at radius 3 is 2.89 bits per heavy atom. The first-order chi connectivity index (χ1) is 8.65. The molecule has 92 valence electrons. The van der Waals surface area contributed by atoms with Crippen LogP contribution < -0.4 is 0 Å². The van der Waals surface area contributed by atoms with Gasteiger partial charge in [0, 0.05) is 31.4 Å². The van der Waals surface area contributed by atoms with E-state index in [4.69, 9.17) is 0 Å². The summed E-state index contributed by atoms with van der Waals surface area (Å²) in [6, 6.07) is 6.56. The van der Waals surface area contributed by atoms with Crippen molar-refractivity contribution < 1.29 is 4.39 Å². The summed E-state index contributed by atoms with van der Waals surface area (Å²) in [5.74, 6) is -0.234. The number of benzene rings is 1. The number of fused-ring (bicyclic) bond motifs is 1. The molecule has 2 heterocycles. The molecule has 0 bridgehead atoms. The van der Waals surface area contributed by atoms with Gasteiger partial charge in [-0.15, -0.1) is 0 Å². The van der Waals surface area contributed by atoms with Gasteiger partial charge in [0.15, 0.2) is 0 Å². The quantitative estimate of drug-likeness (QED) is 0.753. The summed E-state index contributed by atoms with van der Waals surface area (Å²) in [6.45, 7) is 0.835. The van der Waals surface area contributed by atoms with Crippen molar-refractivity contribution >= 4 is 5.71 Å². The van der Waals surface area contributed by atoms with Crippen molar-refractivity contribution in [3.8, 4) is 0 Å². The normalized spacial score (nSPS) is 18.3.